The molecule has 2 fully saturated rings. The zero-order chi connectivity index (χ0) is 13.7. The first kappa shape index (κ1) is 14.8. The van der Waals surface area contributed by atoms with Gasteiger partial charge in [-0.2, -0.15) is 0 Å². The van der Waals surface area contributed by atoms with Crippen LogP contribution in [0.15, 0.2) is 0 Å². The standard InChI is InChI=1S/C16H30N2O/c1-13(2)11-16(8-3-4-9-16)12-17-10-7-15(19)18-14-5-6-14/h13-14,17H,3-12H2,1-2H3,(H,18,19). The Morgan fingerprint density at radius 2 is 1.95 bits per heavy atom. The van der Waals surface area contributed by atoms with Gasteiger partial charge in [0.2, 0.25) is 5.91 Å². The van der Waals surface area contributed by atoms with E-state index in [2.05, 4.69) is 24.5 Å². The molecule has 0 aromatic rings. The van der Waals surface area contributed by atoms with Crippen molar-refractivity contribution in [2.24, 2.45) is 11.3 Å². The van der Waals surface area contributed by atoms with Crippen LogP contribution in [0.2, 0.25) is 0 Å². The summed E-state index contributed by atoms with van der Waals surface area (Å²) in [5.74, 6) is 0.998. The molecule has 0 aliphatic heterocycles. The summed E-state index contributed by atoms with van der Waals surface area (Å²) in [6.45, 7) is 6.58. The van der Waals surface area contributed by atoms with Crippen molar-refractivity contribution in [3.05, 3.63) is 0 Å². The highest BCUT2D eigenvalue weighted by Gasteiger charge is 2.33. The van der Waals surface area contributed by atoms with Gasteiger partial charge in [-0.05, 0) is 43.4 Å². The summed E-state index contributed by atoms with van der Waals surface area (Å²) >= 11 is 0. The number of hydrogen-bond acceptors (Lipinski definition) is 2. The van der Waals surface area contributed by atoms with Crippen LogP contribution in [0.1, 0.15) is 65.2 Å². The van der Waals surface area contributed by atoms with Crippen LogP contribution < -0.4 is 10.6 Å². The van der Waals surface area contributed by atoms with E-state index >= 15 is 0 Å². The first-order chi connectivity index (χ1) is 9.10. The maximum atomic E-state index is 11.6. The fourth-order valence-electron chi connectivity index (χ4n) is 3.53. The molecule has 3 nitrogen and oxygen atoms in total. The third kappa shape index (κ3) is 5.13. The van der Waals surface area contributed by atoms with E-state index in [0.717, 1.165) is 19.0 Å². The quantitative estimate of drug-likeness (QED) is 0.663. The summed E-state index contributed by atoms with van der Waals surface area (Å²) in [5, 5.41) is 6.58. The summed E-state index contributed by atoms with van der Waals surface area (Å²) in [6.07, 6.45) is 9.82. The molecule has 0 aromatic heterocycles. The van der Waals surface area contributed by atoms with Crippen molar-refractivity contribution < 1.29 is 4.79 Å². The van der Waals surface area contributed by atoms with Crippen molar-refractivity contribution in [1.29, 1.82) is 0 Å². The normalized spacial score (nSPS) is 21.8. The lowest BCUT2D eigenvalue weighted by molar-refractivity contribution is -0.121. The molecule has 0 unspecified atom stereocenters. The first-order valence-corrected chi connectivity index (χ1v) is 8.10. The van der Waals surface area contributed by atoms with Crippen molar-refractivity contribution in [1.82, 2.24) is 10.6 Å². The van der Waals surface area contributed by atoms with Crippen molar-refractivity contribution in [3.8, 4) is 0 Å². The molecule has 0 bridgehead atoms. The van der Waals surface area contributed by atoms with E-state index < -0.39 is 0 Å². The highest BCUT2D eigenvalue weighted by atomic mass is 16.1. The van der Waals surface area contributed by atoms with Crippen LogP contribution in [0, 0.1) is 11.3 Å². The van der Waals surface area contributed by atoms with E-state index in [4.69, 9.17) is 0 Å². The van der Waals surface area contributed by atoms with Gasteiger partial charge in [0.25, 0.3) is 0 Å². The molecule has 3 heteroatoms. The monoisotopic (exact) mass is 266 g/mol. The average molecular weight is 266 g/mol. The minimum Gasteiger partial charge on any atom is -0.353 e. The Balaban J connectivity index is 1.63. The number of nitrogens with one attached hydrogen (secondary N) is 2. The van der Waals surface area contributed by atoms with Gasteiger partial charge in [0.1, 0.15) is 0 Å². The van der Waals surface area contributed by atoms with Crippen LogP contribution in [0.4, 0.5) is 0 Å². The summed E-state index contributed by atoms with van der Waals surface area (Å²) in [6, 6.07) is 0.495. The van der Waals surface area contributed by atoms with Crippen LogP contribution >= 0.6 is 0 Å². The molecular weight excluding hydrogens is 236 g/mol. The molecule has 0 spiro atoms. The molecule has 1 amide bonds. The van der Waals surface area contributed by atoms with Gasteiger partial charge >= 0.3 is 0 Å². The molecule has 0 radical (unpaired) electrons. The number of amides is 1. The highest BCUT2D eigenvalue weighted by molar-refractivity contribution is 5.76. The molecule has 0 saturated heterocycles. The van der Waals surface area contributed by atoms with Crippen molar-refractivity contribution in [3.63, 3.8) is 0 Å². The largest absolute Gasteiger partial charge is 0.353 e. The van der Waals surface area contributed by atoms with E-state index in [1.807, 2.05) is 0 Å². The van der Waals surface area contributed by atoms with Gasteiger partial charge in [-0.3, -0.25) is 4.79 Å². The molecule has 2 aliphatic rings. The Morgan fingerprint density at radius 1 is 1.26 bits per heavy atom. The maximum Gasteiger partial charge on any atom is 0.221 e. The molecule has 0 atom stereocenters. The van der Waals surface area contributed by atoms with Crippen LogP contribution in [0.5, 0.6) is 0 Å². The average Bonchev–Trinajstić information content (AvgIpc) is 3.03. The van der Waals surface area contributed by atoms with Crippen molar-refractivity contribution in [2.45, 2.75) is 71.3 Å². The second-order valence-electron chi connectivity index (χ2n) is 7.07. The Hall–Kier alpha value is -0.570. The third-order valence-electron chi connectivity index (χ3n) is 4.48. The van der Waals surface area contributed by atoms with Crippen LogP contribution in [-0.4, -0.2) is 25.0 Å². The summed E-state index contributed by atoms with van der Waals surface area (Å²) < 4.78 is 0. The van der Waals surface area contributed by atoms with Crippen molar-refractivity contribution in [2.75, 3.05) is 13.1 Å². The predicted molar refractivity (Wildman–Crippen MR) is 79.0 cm³/mol. The Kier molecular flexibility index (Phi) is 5.26. The topological polar surface area (TPSA) is 41.1 Å². The van der Waals surface area contributed by atoms with Gasteiger partial charge in [-0.25, -0.2) is 0 Å². The van der Waals surface area contributed by atoms with E-state index in [1.54, 1.807) is 0 Å². The van der Waals surface area contributed by atoms with Gasteiger partial charge in [0.05, 0.1) is 0 Å². The summed E-state index contributed by atoms with van der Waals surface area (Å²) in [7, 11) is 0. The van der Waals surface area contributed by atoms with Crippen LogP contribution in [-0.2, 0) is 4.79 Å². The Morgan fingerprint density at radius 3 is 2.53 bits per heavy atom. The van der Waals surface area contributed by atoms with Gasteiger partial charge in [0.15, 0.2) is 0 Å². The number of rotatable bonds is 8. The van der Waals surface area contributed by atoms with E-state index in [-0.39, 0.29) is 5.91 Å². The van der Waals surface area contributed by atoms with E-state index in [0.29, 0.717) is 17.9 Å². The lowest BCUT2D eigenvalue weighted by atomic mass is 9.78. The lowest BCUT2D eigenvalue weighted by Gasteiger charge is -2.31. The van der Waals surface area contributed by atoms with Gasteiger partial charge in [-0.15, -0.1) is 0 Å². The first-order valence-electron chi connectivity index (χ1n) is 8.10. The molecule has 2 saturated carbocycles. The number of carbonyl (C=O) groups excluding carboxylic acids is 1. The molecular formula is C16H30N2O. The summed E-state index contributed by atoms with van der Waals surface area (Å²) in [5.41, 5.74) is 0.515. The molecule has 110 valence electrons. The highest BCUT2D eigenvalue weighted by Crippen LogP contribution is 2.42. The smallest absolute Gasteiger partial charge is 0.221 e. The van der Waals surface area contributed by atoms with E-state index in [1.165, 1.54) is 44.9 Å². The molecule has 2 aliphatic carbocycles. The zero-order valence-electron chi connectivity index (χ0n) is 12.6. The third-order valence-corrected chi connectivity index (χ3v) is 4.48. The van der Waals surface area contributed by atoms with Crippen LogP contribution in [0.3, 0.4) is 0 Å². The van der Waals surface area contributed by atoms with Gasteiger partial charge < -0.3 is 10.6 Å². The van der Waals surface area contributed by atoms with Gasteiger partial charge in [-0.1, -0.05) is 26.7 Å². The molecule has 19 heavy (non-hydrogen) atoms. The lowest BCUT2D eigenvalue weighted by Crippen LogP contribution is -2.36. The fourth-order valence-corrected chi connectivity index (χ4v) is 3.53. The fraction of sp³-hybridized carbons (Fsp3) is 0.938. The number of hydrogen-bond donors (Lipinski definition) is 2. The van der Waals surface area contributed by atoms with Crippen LogP contribution in [0.25, 0.3) is 0 Å². The Labute approximate surface area is 117 Å². The second-order valence-corrected chi connectivity index (χ2v) is 7.07. The molecule has 2 N–H and O–H groups in total. The number of carbonyl (C=O) groups is 1. The minimum atomic E-state index is 0.222. The van der Waals surface area contributed by atoms with E-state index in [9.17, 15) is 4.79 Å². The Bertz CT molecular complexity index is 291. The van der Waals surface area contributed by atoms with Crippen molar-refractivity contribution >= 4 is 5.91 Å². The SMILES string of the molecule is CC(C)CC1(CNCCC(=O)NC2CC2)CCCC1. The summed E-state index contributed by atoms with van der Waals surface area (Å²) in [4.78, 5) is 11.6. The minimum absolute atomic E-state index is 0.222. The molecule has 0 heterocycles. The molecule has 2 rings (SSSR count). The zero-order valence-corrected chi connectivity index (χ0v) is 12.6. The second kappa shape index (κ2) is 6.74. The maximum absolute atomic E-state index is 11.6. The predicted octanol–water partition coefficient (Wildman–Crippen LogP) is 2.85. The van der Waals surface area contributed by atoms with Gasteiger partial charge in [0, 0.05) is 25.6 Å². The molecule has 0 aromatic carbocycles.